The lowest BCUT2D eigenvalue weighted by Crippen LogP contribution is -2.20. The highest BCUT2D eigenvalue weighted by molar-refractivity contribution is 4.80. The molecule has 0 spiro atoms. The van der Waals surface area contributed by atoms with Crippen LogP contribution in [0.1, 0.15) is 32.6 Å². The van der Waals surface area contributed by atoms with Gasteiger partial charge in [-0.2, -0.15) is 0 Å². The van der Waals surface area contributed by atoms with Crippen LogP contribution in [-0.4, -0.2) is 39.0 Å². The van der Waals surface area contributed by atoms with Gasteiger partial charge in [0.25, 0.3) is 0 Å². The predicted molar refractivity (Wildman–Crippen MR) is 57.5 cm³/mol. The van der Waals surface area contributed by atoms with Gasteiger partial charge < -0.3 is 14.8 Å². The van der Waals surface area contributed by atoms with Gasteiger partial charge in [-0.15, -0.1) is 0 Å². The summed E-state index contributed by atoms with van der Waals surface area (Å²) in [5, 5.41) is 3.50. The van der Waals surface area contributed by atoms with Crippen LogP contribution >= 0.6 is 0 Å². The third-order valence-electron chi connectivity index (χ3n) is 2.49. The fourth-order valence-electron chi connectivity index (χ4n) is 1.40. The van der Waals surface area contributed by atoms with Crippen LogP contribution in [0.3, 0.4) is 0 Å². The molecule has 0 saturated heterocycles. The average molecular weight is 201 g/mol. The summed E-state index contributed by atoms with van der Waals surface area (Å²) in [5.41, 5.74) is 0. The SMILES string of the molecule is COCCOC(C)CCCNC1CC1. The van der Waals surface area contributed by atoms with Crippen molar-refractivity contribution in [2.45, 2.75) is 44.8 Å². The predicted octanol–water partition coefficient (Wildman–Crippen LogP) is 1.57. The van der Waals surface area contributed by atoms with E-state index in [0.29, 0.717) is 19.3 Å². The van der Waals surface area contributed by atoms with Gasteiger partial charge in [-0.25, -0.2) is 0 Å². The van der Waals surface area contributed by atoms with Crippen molar-refractivity contribution in [1.29, 1.82) is 0 Å². The number of hydrogen-bond donors (Lipinski definition) is 1. The number of hydrogen-bond acceptors (Lipinski definition) is 3. The van der Waals surface area contributed by atoms with E-state index < -0.39 is 0 Å². The molecule has 1 saturated carbocycles. The van der Waals surface area contributed by atoms with Crippen molar-refractivity contribution >= 4 is 0 Å². The van der Waals surface area contributed by atoms with Crippen LogP contribution in [0.2, 0.25) is 0 Å². The molecule has 0 aliphatic heterocycles. The average Bonchev–Trinajstić information content (AvgIpc) is 2.97. The highest BCUT2D eigenvalue weighted by atomic mass is 16.5. The lowest BCUT2D eigenvalue weighted by atomic mass is 10.2. The van der Waals surface area contributed by atoms with Crippen molar-refractivity contribution in [2.24, 2.45) is 0 Å². The number of rotatable bonds is 9. The summed E-state index contributed by atoms with van der Waals surface area (Å²) < 4.78 is 10.5. The Bertz CT molecular complexity index is 137. The number of methoxy groups -OCH3 is 1. The van der Waals surface area contributed by atoms with E-state index in [2.05, 4.69) is 12.2 Å². The Kier molecular flexibility index (Phi) is 6.15. The molecule has 84 valence electrons. The highest BCUT2D eigenvalue weighted by Gasteiger charge is 2.19. The second-order valence-electron chi connectivity index (χ2n) is 4.04. The summed E-state index contributed by atoms with van der Waals surface area (Å²) in [7, 11) is 1.70. The third kappa shape index (κ3) is 6.35. The normalized spacial score (nSPS) is 18.4. The molecule has 0 aromatic carbocycles. The van der Waals surface area contributed by atoms with Gasteiger partial charge in [0, 0.05) is 13.2 Å². The van der Waals surface area contributed by atoms with E-state index in [1.165, 1.54) is 19.3 Å². The van der Waals surface area contributed by atoms with E-state index in [4.69, 9.17) is 9.47 Å². The van der Waals surface area contributed by atoms with Crippen LogP contribution in [0.5, 0.6) is 0 Å². The maximum absolute atomic E-state index is 5.55. The first-order valence-corrected chi connectivity index (χ1v) is 5.67. The maximum atomic E-state index is 5.55. The largest absolute Gasteiger partial charge is 0.382 e. The zero-order valence-electron chi connectivity index (χ0n) is 9.42. The van der Waals surface area contributed by atoms with Crippen molar-refractivity contribution in [3.63, 3.8) is 0 Å². The molecule has 0 radical (unpaired) electrons. The molecule has 0 aromatic heterocycles. The van der Waals surface area contributed by atoms with Crippen LogP contribution in [0, 0.1) is 0 Å². The second-order valence-corrected chi connectivity index (χ2v) is 4.04. The fourth-order valence-corrected chi connectivity index (χ4v) is 1.40. The summed E-state index contributed by atoms with van der Waals surface area (Å²) >= 11 is 0. The Balaban J connectivity index is 1.78. The van der Waals surface area contributed by atoms with Crippen LogP contribution < -0.4 is 5.32 Å². The van der Waals surface area contributed by atoms with Crippen LogP contribution in [0.15, 0.2) is 0 Å². The van der Waals surface area contributed by atoms with E-state index in [0.717, 1.165) is 19.0 Å². The minimum atomic E-state index is 0.367. The molecule has 3 heteroatoms. The molecule has 1 rings (SSSR count). The Labute approximate surface area is 87.2 Å². The minimum Gasteiger partial charge on any atom is -0.382 e. The minimum absolute atomic E-state index is 0.367. The Morgan fingerprint density at radius 2 is 2.14 bits per heavy atom. The summed E-state index contributed by atoms with van der Waals surface area (Å²) in [5.74, 6) is 0. The maximum Gasteiger partial charge on any atom is 0.0703 e. The molecule has 0 amide bonds. The van der Waals surface area contributed by atoms with E-state index in [9.17, 15) is 0 Å². The summed E-state index contributed by atoms with van der Waals surface area (Å²) in [6.07, 6.45) is 5.47. The van der Waals surface area contributed by atoms with Crippen molar-refractivity contribution in [3.05, 3.63) is 0 Å². The molecule has 14 heavy (non-hydrogen) atoms. The van der Waals surface area contributed by atoms with Gasteiger partial charge in [-0.3, -0.25) is 0 Å². The zero-order valence-corrected chi connectivity index (χ0v) is 9.42. The molecule has 1 aliphatic rings. The second kappa shape index (κ2) is 7.21. The lowest BCUT2D eigenvalue weighted by Gasteiger charge is -2.12. The molecular formula is C11H23NO2. The molecule has 1 aliphatic carbocycles. The molecule has 1 unspecified atom stereocenters. The molecule has 1 fully saturated rings. The first kappa shape index (κ1) is 12.0. The van der Waals surface area contributed by atoms with Crippen molar-refractivity contribution in [3.8, 4) is 0 Å². The van der Waals surface area contributed by atoms with Gasteiger partial charge in [0.05, 0.1) is 19.3 Å². The van der Waals surface area contributed by atoms with Crippen LogP contribution in [-0.2, 0) is 9.47 Å². The van der Waals surface area contributed by atoms with E-state index in [1.807, 2.05) is 0 Å². The molecular weight excluding hydrogens is 178 g/mol. The Morgan fingerprint density at radius 3 is 2.79 bits per heavy atom. The fraction of sp³-hybridized carbons (Fsp3) is 1.00. The molecule has 0 aromatic rings. The van der Waals surface area contributed by atoms with Crippen molar-refractivity contribution in [1.82, 2.24) is 5.32 Å². The first-order valence-electron chi connectivity index (χ1n) is 5.67. The molecule has 0 bridgehead atoms. The smallest absolute Gasteiger partial charge is 0.0703 e. The van der Waals surface area contributed by atoms with Gasteiger partial charge in [-0.05, 0) is 39.2 Å². The third-order valence-corrected chi connectivity index (χ3v) is 2.49. The summed E-state index contributed by atoms with van der Waals surface area (Å²) in [4.78, 5) is 0. The first-order chi connectivity index (χ1) is 6.83. The van der Waals surface area contributed by atoms with Gasteiger partial charge in [0.15, 0.2) is 0 Å². The Morgan fingerprint density at radius 1 is 1.36 bits per heavy atom. The molecule has 0 heterocycles. The topological polar surface area (TPSA) is 30.5 Å². The highest BCUT2D eigenvalue weighted by Crippen LogP contribution is 2.18. The summed E-state index contributed by atoms with van der Waals surface area (Å²) in [6.45, 7) is 4.69. The molecule has 1 atom stereocenters. The van der Waals surface area contributed by atoms with Gasteiger partial charge in [-0.1, -0.05) is 0 Å². The quantitative estimate of drug-likeness (QED) is 0.574. The van der Waals surface area contributed by atoms with Crippen LogP contribution in [0.4, 0.5) is 0 Å². The Hall–Kier alpha value is -0.120. The number of ether oxygens (including phenoxy) is 2. The van der Waals surface area contributed by atoms with Crippen molar-refractivity contribution < 1.29 is 9.47 Å². The van der Waals surface area contributed by atoms with E-state index in [-0.39, 0.29) is 0 Å². The van der Waals surface area contributed by atoms with Gasteiger partial charge in [0.2, 0.25) is 0 Å². The monoisotopic (exact) mass is 201 g/mol. The standard InChI is InChI=1S/C11H23NO2/c1-10(14-9-8-13-2)4-3-7-12-11-5-6-11/h10-12H,3-9H2,1-2H3. The zero-order chi connectivity index (χ0) is 10.2. The summed E-state index contributed by atoms with van der Waals surface area (Å²) in [6, 6.07) is 0.833. The van der Waals surface area contributed by atoms with Gasteiger partial charge in [0.1, 0.15) is 0 Å². The lowest BCUT2D eigenvalue weighted by molar-refractivity contribution is 0.0218. The van der Waals surface area contributed by atoms with E-state index in [1.54, 1.807) is 7.11 Å². The molecule has 1 N–H and O–H groups in total. The van der Waals surface area contributed by atoms with Gasteiger partial charge >= 0.3 is 0 Å². The van der Waals surface area contributed by atoms with Crippen LogP contribution in [0.25, 0.3) is 0 Å². The van der Waals surface area contributed by atoms with E-state index >= 15 is 0 Å². The molecule has 3 nitrogen and oxygen atoms in total. The van der Waals surface area contributed by atoms with Crippen molar-refractivity contribution in [2.75, 3.05) is 26.9 Å². The number of nitrogens with one attached hydrogen (secondary N) is 1.